The molecule has 1 rings (SSSR count). The Labute approximate surface area is 126 Å². The van der Waals surface area contributed by atoms with Crippen molar-refractivity contribution < 1.29 is 19.4 Å². The number of aliphatic hydroxyl groups excluding tert-OH is 1. The van der Waals surface area contributed by atoms with E-state index in [0.29, 0.717) is 19.5 Å². The van der Waals surface area contributed by atoms with Gasteiger partial charge >= 0.3 is 6.09 Å². The summed E-state index contributed by atoms with van der Waals surface area (Å²) in [5, 5.41) is 12.2. The summed E-state index contributed by atoms with van der Waals surface area (Å²) >= 11 is 0. The number of carbonyl (C=O) groups excluding carboxylic acids is 2. The summed E-state index contributed by atoms with van der Waals surface area (Å²) in [7, 11) is 0. The normalized spacial score (nSPS) is 21.1. The maximum Gasteiger partial charge on any atom is 0.408 e. The first kappa shape index (κ1) is 17.8. The Bertz CT molecular complexity index is 395. The van der Waals surface area contributed by atoms with E-state index in [9.17, 15) is 14.7 Å². The summed E-state index contributed by atoms with van der Waals surface area (Å²) in [5.41, 5.74) is -1.05. The van der Waals surface area contributed by atoms with Crippen molar-refractivity contribution in [3.63, 3.8) is 0 Å². The summed E-state index contributed by atoms with van der Waals surface area (Å²) in [4.78, 5) is 26.1. The van der Waals surface area contributed by atoms with Crippen molar-refractivity contribution in [3.05, 3.63) is 0 Å². The van der Waals surface area contributed by atoms with Gasteiger partial charge < -0.3 is 20.1 Å². The highest BCUT2D eigenvalue weighted by molar-refractivity contribution is 5.86. The molecule has 2 N–H and O–H groups in total. The van der Waals surface area contributed by atoms with Crippen molar-refractivity contribution in [1.82, 2.24) is 10.2 Å². The molecule has 122 valence electrons. The summed E-state index contributed by atoms with van der Waals surface area (Å²) in [6.07, 6.45) is -0.499. The molecular formula is C15H28N2O4. The number of carbonyl (C=O) groups is 2. The molecule has 0 bridgehead atoms. The molecule has 1 aliphatic rings. The van der Waals surface area contributed by atoms with E-state index in [4.69, 9.17) is 4.74 Å². The average Bonchev–Trinajstić information content (AvgIpc) is 2.68. The molecule has 0 radical (unpaired) electrons. The van der Waals surface area contributed by atoms with Gasteiger partial charge in [0.25, 0.3) is 0 Å². The molecule has 1 aliphatic heterocycles. The molecule has 0 aromatic heterocycles. The predicted octanol–water partition coefficient (Wildman–Crippen LogP) is 1.52. The highest BCUT2D eigenvalue weighted by Crippen LogP contribution is 2.23. The second-order valence-corrected chi connectivity index (χ2v) is 7.67. The van der Waals surface area contributed by atoms with E-state index in [-0.39, 0.29) is 5.91 Å². The smallest absolute Gasteiger partial charge is 0.408 e. The third-order valence-electron chi connectivity index (χ3n) is 3.25. The third-order valence-corrected chi connectivity index (χ3v) is 3.25. The number of hydrogen-bond acceptors (Lipinski definition) is 4. The number of hydrogen-bond donors (Lipinski definition) is 2. The Morgan fingerprint density at radius 2 is 1.81 bits per heavy atom. The van der Waals surface area contributed by atoms with Crippen molar-refractivity contribution in [2.45, 2.75) is 65.7 Å². The molecule has 0 aromatic carbocycles. The van der Waals surface area contributed by atoms with Crippen LogP contribution in [0.15, 0.2) is 0 Å². The summed E-state index contributed by atoms with van der Waals surface area (Å²) in [6.45, 7) is 11.8. The monoisotopic (exact) mass is 300 g/mol. The van der Waals surface area contributed by atoms with Crippen molar-refractivity contribution in [3.8, 4) is 0 Å². The third kappa shape index (κ3) is 5.53. The van der Waals surface area contributed by atoms with E-state index in [0.717, 1.165) is 0 Å². The molecule has 0 aliphatic carbocycles. The van der Waals surface area contributed by atoms with Gasteiger partial charge in [-0.05, 0) is 32.6 Å². The number of nitrogens with zero attached hydrogens (tertiary/aromatic N) is 1. The fourth-order valence-corrected chi connectivity index (χ4v) is 2.20. The van der Waals surface area contributed by atoms with E-state index < -0.39 is 29.3 Å². The van der Waals surface area contributed by atoms with Gasteiger partial charge in [0.05, 0.1) is 6.10 Å². The standard InChI is InChI=1S/C15H28N2O4/c1-14(2,3)11(16-13(20)21-15(4,5)6)12(19)17-8-7-10(18)9-17/h10-11,18H,7-9H2,1-6H3,(H,16,20). The van der Waals surface area contributed by atoms with Crippen molar-refractivity contribution in [2.24, 2.45) is 5.41 Å². The molecule has 21 heavy (non-hydrogen) atoms. The van der Waals surface area contributed by atoms with Crippen LogP contribution in [-0.4, -0.2) is 52.8 Å². The van der Waals surface area contributed by atoms with E-state index in [2.05, 4.69) is 5.32 Å². The Kier molecular flexibility index (Phi) is 5.25. The van der Waals surface area contributed by atoms with E-state index in [1.165, 1.54) is 0 Å². The van der Waals surface area contributed by atoms with Gasteiger partial charge in [-0.25, -0.2) is 4.79 Å². The van der Waals surface area contributed by atoms with Crippen LogP contribution >= 0.6 is 0 Å². The molecular weight excluding hydrogens is 272 g/mol. The zero-order valence-electron chi connectivity index (χ0n) is 13.9. The lowest BCUT2D eigenvalue weighted by Crippen LogP contribution is -2.55. The Balaban J connectivity index is 2.77. The summed E-state index contributed by atoms with van der Waals surface area (Å²) < 4.78 is 5.23. The minimum Gasteiger partial charge on any atom is -0.444 e. The fourth-order valence-electron chi connectivity index (χ4n) is 2.20. The molecule has 2 unspecified atom stereocenters. The van der Waals surface area contributed by atoms with Crippen LogP contribution in [-0.2, 0) is 9.53 Å². The first-order valence-electron chi connectivity index (χ1n) is 7.36. The molecule has 1 heterocycles. The number of aliphatic hydroxyl groups is 1. The highest BCUT2D eigenvalue weighted by atomic mass is 16.6. The topological polar surface area (TPSA) is 78.9 Å². The Hall–Kier alpha value is -1.30. The molecule has 0 saturated carbocycles. The first-order chi connectivity index (χ1) is 9.40. The summed E-state index contributed by atoms with van der Waals surface area (Å²) in [6, 6.07) is -0.683. The lowest BCUT2D eigenvalue weighted by molar-refractivity contribution is -0.135. The van der Waals surface area contributed by atoms with Crippen LogP contribution < -0.4 is 5.32 Å². The molecule has 2 amide bonds. The quantitative estimate of drug-likeness (QED) is 0.810. The molecule has 6 nitrogen and oxygen atoms in total. The average molecular weight is 300 g/mol. The van der Waals surface area contributed by atoms with Crippen molar-refractivity contribution >= 4 is 12.0 Å². The maximum absolute atomic E-state index is 12.6. The molecule has 0 aromatic rings. The molecule has 0 spiro atoms. The zero-order valence-corrected chi connectivity index (χ0v) is 13.9. The minimum atomic E-state index is -0.683. The van der Waals surface area contributed by atoms with Gasteiger partial charge in [-0.3, -0.25) is 4.79 Å². The van der Waals surface area contributed by atoms with Crippen LogP contribution in [0, 0.1) is 5.41 Å². The van der Waals surface area contributed by atoms with Gasteiger partial charge in [0.2, 0.25) is 5.91 Å². The van der Waals surface area contributed by atoms with Crippen LogP contribution in [0.1, 0.15) is 48.0 Å². The van der Waals surface area contributed by atoms with Gasteiger partial charge in [-0.15, -0.1) is 0 Å². The highest BCUT2D eigenvalue weighted by Gasteiger charge is 2.38. The Morgan fingerprint density at radius 1 is 1.24 bits per heavy atom. The van der Waals surface area contributed by atoms with E-state index >= 15 is 0 Å². The van der Waals surface area contributed by atoms with Gasteiger partial charge in [0.15, 0.2) is 0 Å². The first-order valence-corrected chi connectivity index (χ1v) is 7.36. The van der Waals surface area contributed by atoms with E-state index in [1.54, 1.807) is 25.7 Å². The fraction of sp³-hybridized carbons (Fsp3) is 0.867. The van der Waals surface area contributed by atoms with Crippen LogP contribution in [0.3, 0.4) is 0 Å². The minimum absolute atomic E-state index is 0.176. The van der Waals surface area contributed by atoms with Crippen LogP contribution in [0.2, 0.25) is 0 Å². The number of ether oxygens (including phenoxy) is 1. The maximum atomic E-state index is 12.6. The number of likely N-dealkylation sites (tertiary alicyclic amines) is 1. The van der Waals surface area contributed by atoms with E-state index in [1.807, 2.05) is 20.8 Å². The molecule has 2 atom stereocenters. The summed E-state index contributed by atoms with van der Waals surface area (Å²) in [5.74, 6) is -0.176. The number of amides is 2. The number of nitrogens with one attached hydrogen (secondary N) is 1. The second-order valence-electron chi connectivity index (χ2n) is 7.67. The number of β-amino-alcohol motifs (C(OH)–C–C–N with tert-alkyl or cyclic N) is 1. The largest absolute Gasteiger partial charge is 0.444 e. The number of alkyl carbamates (subject to hydrolysis) is 1. The lowest BCUT2D eigenvalue weighted by Gasteiger charge is -2.34. The van der Waals surface area contributed by atoms with Gasteiger partial charge in [-0.2, -0.15) is 0 Å². The molecule has 1 saturated heterocycles. The van der Waals surface area contributed by atoms with Crippen molar-refractivity contribution in [2.75, 3.05) is 13.1 Å². The second kappa shape index (κ2) is 6.22. The predicted molar refractivity (Wildman–Crippen MR) is 79.8 cm³/mol. The van der Waals surface area contributed by atoms with Crippen LogP contribution in [0.25, 0.3) is 0 Å². The van der Waals surface area contributed by atoms with Crippen LogP contribution in [0.5, 0.6) is 0 Å². The van der Waals surface area contributed by atoms with Gasteiger partial charge in [-0.1, -0.05) is 20.8 Å². The Morgan fingerprint density at radius 3 is 2.19 bits per heavy atom. The SMILES string of the molecule is CC(C)(C)OC(=O)NC(C(=O)N1CCC(O)C1)C(C)(C)C. The molecule has 6 heteroatoms. The lowest BCUT2D eigenvalue weighted by atomic mass is 9.86. The molecule has 1 fully saturated rings. The zero-order chi connectivity index (χ0) is 16.4. The number of rotatable bonds is 2. The van der Waals surface area contributed by atoms with Gasteiger partial charge in [0, 0.05) is 13.1 Å². The van der Waals surface area contributed by atoms with Crippen molar-refractivity contribution in [1.29, 1.82) is 0 Å². The van der Waals surface area contributed by atoms with Crippen LogP contribution in [0.4, 0.5) is 4.79 Å². The van der Waals surface area contributed by atoms with Gasteiger partial charge in [0.1, 0.15) is 11.6 Å².